The summed E-state index contributed by atoms with van der Waals surface area (Å²) < 4.78 is 33.2. The zero-order chi connectivity index (χ0) is 20.2. The van der Waals surface area contributed by atoms with Gasteiger partial charge in [-0.2, -0.15) is 4.72 Å². The Morgan fingerprint density at radius 3 is 2.48 bits per heavy atom. The SMILES string of the molecule is CCOc1ccc(Cl)cc1S(=O)(=O)NC(C)C(=O)Nc1ccc(C)c(C)c1. The third-order valence-electron chi connectivity index (χ3n) is 3.99. The molecule has 0 aliphatic carbocycles. The van der Waals surface area contributed by atoms with Crippen molar-refractivity contribution >= 4 is 33.2 Å². The van der Waals surface area contributed by atoms with E-state index in [4.69, 9.17) is 16.3 Å². The molecule has 6 nitrogen and oxygen atoms in total. The summed E-state index contributed by atoms with van der Waals surface area (Å²) in [6.07, 6.45) is 0. The lowest BCUT2D eigenvalue weighted by atomic mass is 10.1. The summed E-state index contributed by atoms with van der Waals surface area (Å²) in [7, 11) is -4.01. The Hall–Kier alpha value is -2.09. The number of aryl methyl sites for hydroxylation is 2. The second-order valence-electron chi connectivity index (χ2n) is 6.16. The van der Waals surface area contributed by atoms with E-state index in [1.165, 1.54) is 19.1 Å². The molecule has 2 aromatic carbocycles. The average molecular weight is 411 g/mol. The highest BCUT2D eigenvalue weighted by Gasteiger charge is 2.25. The van der Waals surface area contributed by atoms with Gasteiger partial charge < -0.3 is 10.1 Å². The first-order valence-corrected chi connectivity index (χ1v) is 10.3. The van der Waals surface area contributed by atoms with Crippen LogP contribution in [-0.2, 0) is 14.8 Å². The molecule has 0 spiro atoms. The zero-order valence-electron chi connectivity index (χ0n) is 15.7. The molecule has 8 heteroatoms. The molecule has 2 N–H and O–H groups in total. The minimum Gasteiger partial charge on any atom is -0.492 e. The summed E-state index contributed by atoms with van der Waals surface area (Å²) in [6.45, 7) is 7.42. The Morgan fingerprint density at radius 2 is 1.85 bits per heavy atom. The number of carbonyl (C=O) groups is 1. The average Bonchev–Trinajstić information content (AvgIpc) is 2.59. The van der Waals surface area contributed by atoms with Gasteiger partial charge in [-0.15, -0.1) is 0 Å². The van der Waals surface area contributed by atoms with E-state index in [9.17, 15) is 13.2 Å². The second-order valence-corrected chi connectivity index (χ2v) is 8.27. The molecule has 146 valence electrons. The number of sulfonamides is 1. The van der Waals surface area contributed by atoms with Gasteiger partial charge >= 0.3 is 0 Å². The summed E-state index contributed by atoms with van der Waals surface area (Å²) in [5.41, 5.74) is 2.74. The van der Waals surface area contributed by atoms with Gasteiger partial charge in [0.1, 0.15) is 10.6 Å². The maximum absolute atomic E-state index is 12.7. The zero-order valence-corrected chi connectivity index (χ0v) is 17.2. The van der Waals surface area contributed by atoms with Crippen molar-refractivity contribution in [1.29, 1.82) is 0 Å². The topological polar surface area (TPSA) is 84.5 Å². The predicted molar refractivity (Wildman–Crippen MR) is 107 cm³/mol. The molecule has 0 saturated carbocycles. The van der Waals surface area contributed by atoms with Crippen molar-refractivity contribution < 1.29 is 17.9 Å². The summed E-state index contributed by atoms with van der Waals surface area (Å²) in [6, 6.07) is 8.82. The third-order valence-corrected chi connectivity index (χ3v) is 5.79. The molecule has 0 radical (unpaired) electrons. The quantitative estimate of drug-likeness (QED) is 0.729. The van der Waals surface area contributed by atoms with E-state index in [2.05, 4.69) is 10.0 Å². The van der Waals surface area contributed by atoms with Crippen molar-refractivity contribution in [3.63, 3.8) is 0 Å². The fraction of sp³-hybridized carbons (Fsp3) is 0.316. The van der Waals surface area contributed by atoms with Crippen molar-refractivity contribution in [3.8, 4) is 5.75 Å². The standard InChI is InChI=1S/C19H23ClN2O4S/c1-5-26-17-9-7-15(20)11-18(17)27(24,25)22-14(4)19(23)21-16-8-6-12(2)13(3)10-16/h6-11,14,22H,5H2,1-4H3,(H,21,23). The summed E-state index contributed by atoms with van der Waals surface area (Å²) >= 11 is 5.93. The number of anilines is 1. The number of hydrogen-bond donors (Lipinski definition) is 2. The van der Waals surface area contributed by atoms with Gasteiger partial charge in [-0.25, -0.2) is 8.42 Å². The highest BCUT2D eigenvalue weighted by atomic mass is 35.5. The molecule has 0 aromatic heterocycles. The Kier molecular flexibility index (Phi) is 6.86. The maximum atomic E-state index is 12.7. The van der Waals surface area contributed by atoms with E-state index in [0.717, 1.165) is 11.1 Å². The van der Waals surface area contributed by atoms with E-state index in [1.807, 2.05) is 26.0 Å². The molecule has 27 heavy (non-hydrogen) atoms. The molecule has 1 amide bonds. The first kappa shape index (κ1) is 21.2. The molecule has 0 aliphatic rings. The Balaban J connectivity index is 2.18. The Bertz CT molecular complexity index is 945. The third kappa shape index (κ3) is 5.45. The van der Waals surface area contributed by atoms with Crippen LogP contribution in [0.15, 0.2) is 41.3 Å². The summed E-state index contributed by atoms with van der Waals surface area (Å²) in [5, 5.41) is 2.97. The molecule has 0 saturated heterocycles. The molecule has 1 unspecified atom stereocenters. The fourth-order valence-corrected chi connectivity index (χ4v) is 4.00. The van der Waals surface area contributed by atoms with Gasteiger partial charge in [-0.1, -0.05) is 17.7 Å². The van der Waals surface area contributed by atoms with Crippen LogP contribution in [0.1, 0.15) is 25.0 Å². The van der Waals surface area contributed by atoms with E-state index >= 15 is 0 Å². The number of rotatable bonds is 7. The lowest BCUT2D eigenvalue weighted by molar-refractivity contribution is -0.117. The Labute approximate surface area is 164 Å². The lowest BCUT2D eigenvalue weighted by Gasteiger charge is -2.17. The second kappa shape index (κ2) is 8.73. The van der Waals surface area contributed by atoms with Crippen molar-refractivity contribution in [1.82, 2.24) is 4.72 Å². The summed E-state index contributed by atoms with van der Waals surface area (Å²) in [5.74, 6) is -0.294. The van der Waals surface area contributed by atoms with Crippen molar-refractivity contribution in [2.24, 2.45) is 0 Å². The minimum absolute atomic E-state index is 0.109. The fourth-order valence-electron chi connectivity index (χ4n) is 2.39. The largest absolute Gasteiger partial charge is 0.492 e. The van der Waals surface area contributed by atoms with Gasteiger partial charge in [0.05, 0.1) is 12.6 Å². The summed E-state index contributed by atoms with van der Waals surface area (Å²) in [4.78, 5) is 12.3. The van der Waals surface area contributed by atoms with Gasteiger partial charge in [0.2, 0.25) is 15.9 Å². The number of halogens is 1. The molecule has 2 rings (SSSR count). The van der Waals surface area contributed by atoms with Gasteiger partial charge in [0, 0.05) is 10.7 Å². The van der Waals surface area contributed by atoms with Crippen molar-refractivity contribution in [3.05, 3.63) is 52.5 Å². The molecule has 0 aliphatic heterocycles. The lowest BCUT2D eigenvalue weighted by Crippen LogP contribution is -2.41. The Morgan fingerprint density at radius 1 is 1.15 bits per heavy atom. The number of amides is 1. The van der Waals surface area contributed by atoms with Crippen LogP contribution >= 0.6 is 11.6 Å². The highest BCUT2D eigenvalue weighted by Crippen LogP contribution is 2.27. The first-order valence-electron chi connectivity index (χ1n) is 8.47. The highest BCUT2D eigenvalue weighted by molar-refractivity contribution is 7.89. The van der Waals surface area contributed by atoms with Gasteiger partial charge in [0.25, 0.3) is 0 Å². The predicted octanol–water partition coefficient (Wildman–Crippen LogP) is 3.66. The monoisotopic (exact) mass is 410 g/mol. The maximum Gasteiger partial charge on any atom is 0.245 e. The van der Waals surface area contributed by atoms with Crippen LogP contribution in [0.3, 0.4) is 0 Å². The van der Waals surface area contributed by atoms with Crippen molar-refractivity contribution in [2.75, 3.05) is 11.9 Å². The van der Waals surface area contributed by atoms with Gasteiger partial charge in [-0.3, -0.25) is 4.79 Å². The molecule has 1 atom stereocenters. The van der Waals surface area contributed by atoms with Crippen LogP contribution in [0.5, 0.6) is 5.75 Å². The first-order chi connectivity index (χ1) is 12.6. The van der Waals surface area contributed by atoms with Gasteiger partial charge in [0.15, 0.2) is 0 Å². The van der Waals surface area contributed by atoms with Crippen LogP contribution in [0.4, 0.5) is 5.69 Å². The van der Waals surface area contributed by atoms with Crippen LogP contribution < -0.4 is 14.8 Å². The number of hydrogen-bond acceptors (Lipinski definition) is 4. The normalized spacial score (nSPS) is 12.5. The van der Waals surface area contributed by atoms with Gasteiger partial charge in [-0.05, 0) is 69.2 Å². The van der Waals surface area contributed by atoms with E-state index in [-0.39, 0.29) is 15.7 Å². The smallest absolute Gasteiger partial charge is 0.245 e. The number of benzene rings is 2. The molecular weight excluding hydrogens is 388 g/mol. The molecule has 0 heterocycles. The van der Waals surface area contributed by atoms with Crippen molar-refractivity contribution in [2.45, 2.75) is 38.6 Å². The van der Waals surface area contributed by atoms with Crippen LogP contribution in [0.2, 0.25) is 5.02 Å². The molecule has 2 aromatic rings. The van der Waals surface area contributed by atoms with E-state index < -0.39 is 22.0 Å². The minimum atomic E-state index is -4.01. The van der Waals surface area contributed by atoms with Crippen LogP contribution in [0.25, 0.3) is 0 Å². The molecule has 0 fully saturated rings. The van der Waals surface area contributed by atoms with E-state index in [1.54, 1.807) is 19.1 Å². The number of nitrogens with one attached hydrogen (secondary N) is 2. The van der Waals surface area contributed by atoms with Crippen LogP contribution in [0, 0.1) is 13.8 Å². The van der Waals surface area contributed by atoms with Crippen LogP contribution in [-0.4, -0.2) is 27.0 Å². The molecular formula is C19H23ClN2O4S. The number of ether oxygens (including phenoxy) is 1. The van der Waals surface area contributed by atoms with E-state index in [0.29, 0.717) is 12.3 Å². The molecule has 0 bridgehead atoms. The number of carbonyl (C=O) groups excluding carboxylic acids is 1.